The zero-order valence-electron chi connectivity index (χ0n) is 14.5. The van der Waals surface area contributed by atoms with Crippen molar-refractivity contribution in [1.29, 1.82) is 0 Å². The van der Waals surface area contributed by atoms with E-state index in [0.717, 1.165) is 11.3 Å². The van der Waals surface area contributed by atoms with Crippen LogP contribution in [0.2, 0.25) is 0 Å². The van der Waals surface area contributed by atoms with Gasteiger partial charge in [-0.3, -0.25) is 14.4 Å². The molecular weight excluding hydrogens is 340 g/mol. The number of amides is 2. The Morgan fingerprint density at radius 3 is 2.46 bits per heavy atom. The first-order valence-electron chi connectivity index (χ1n) is 7.91. The van der Waals surface area contributed by atoms with Crippen LogP contribution in [-0.2, 0) is 20.9 Å². The minimum absolute atomic E-state index is 0.0862. The van der Waals surface area contributed by atoms with E-state index in [9.17, 15) is 14.4 Å². The topological polar surface area (TPSA) is 107 Å². The lowest BCUT2D eigenvalue weighted by Crippen LogP contribution is -2.38. The van der Waals surface area contributed by atoms with Gasteiger partial charge in [0.2, 0.25) is 0 Å². The van der Waals surface area contributed by atoms with Crippen LogP contribution in [0.25, 0.3) is 0 Å². The number of nitrogens with one attached hydrogen (secondary N) is 2. The van der Waals surface area contributed by atoms with Crippen molar-refractivity contribution in [2.45, 2.75) is 19.6 Å². The van der Waals surface area contributed by atoms with E-state index in [0.29, 0.717) is 6.54 Å². The summed E-state index contributed by atoms with van der Waals surface area (Å²) in [4.78, 5) is 35.3. The van der Waals surface area contributed by atoms with Gasteiger partial charge in [-0.25, -0.2) is 0 Å². The van der Waals surface area contributed by atoms with Crippen LogP contribution in [0.15, 0.2) is 47.1 Å². The average molecular weight is 360 g/mol. The number of hydrogen-bond donors (Lipinski definition) is 2. The average Bonchev–Trinajstić information content (AvgIpc) is 3.19. The molecule has 2 aromatic rings. The van der Waals surface area contributed by atoms with Crippen molar-refractivity contribution in [2.75, 3.05) is 13.7 Å². The number of carbonyl (C=O) groups is 3. The monoisotopic (exact) mass is 360 g/mol. The summed E-state index contributed by atoms with van der Waals surface area (Å²) in [5, 5.41) is 5.02. The molecule has 2 rings (SSSR count). The summed E-state index contributed by atoms with van der Waals surface area (Å²) in [5.41, 5.74) is 0.878. The Balaban J connectivity index is 1.71. The number of carbonyl (C=O) groups excluding carboxylic acids is 3. The van der Waals surface area contributed by atoms with Gasteiger partial charge in [0.15, 0.2) is 11.9 Å². The molecule has 0 saturated carbocycles. The number of methoxy groups -OCH3 is 1. The van der Waals surface area contributed by atoms with E-state index < -0.39 is 23.9 Å². The van der Waals surface area contributed by atoms with Crippen molar-refractivity contribution in [2.24, 2.45) is 0 Å². The molecule has 0 saturated heterocycles. The molecule has 8 nitrogen and oxygen atoms in total. The second-order valence-corrected chi connectivity index (χ2v) is 5.36. The maximum absolute atomic E-state index is 12.0. The Bertz CT molecular complexity index is 740. The molecule has 1 aromatic carbocycles. The first kappa shape index (κ1) is 19.0. The van der Waals surface area contributed by atoms with E-state index in [1.165, 1.54) is 19.3 Å². The Morgan fingerprint density at radius 2 is 1.85 bits per heavy atom. The largest absolute Gasteiger partial charge is 0.497 e. The summed E-state index contributed by atoms with van der Waals surface area (Å²) in [6.45, 7) is 1.38. The van der Waals surface area contributed by atoms with E-state index in [4.69, 9.17) is 13.9 Å². The third kappa shape index (κ3) is 5.66. The first-order valence-corrected chi connectivity index (χ1v) is 7.91. The lowest BCUT2D eigenvalue weighted by Gasteiger charge is -2.14. The van der Waals surface area contributed by atoms with Gasteiger partial charge in [-0.05, 0) is 36.8 Å². The van der Waals surface area contributed by atoms with Gasteiger partial charge in [0.1, 0.15) is 12.3 Å². The fourth-order valence-electron chi connectivity index (χ4n) is 2.02. The predicted molar refractivity (Wildman–Crippen MR) is 91.4 cm³/mol. The molecule has 1 atom stereocenters. The van der Waals surface area contributed by atoms with Crippen molar-refractivity contribution >= 4 is 17.8 Å². The number of rotatable bonds is 8. The predicted octanol–water partition coefficient (Wildman–Crippen LogP) is 1.27. The number of ether oxygens (including phenoxy) is 2. The summed E-state index contributed by atoms with van der Waals surface area (Å²) < 4.78 is 14.9. The van der Waals surface area contributed by atoms with Crippen LogP contribution in [0, 0.1) is 0 Å². The summed E-state index contributed by atoms with van der Waals surface area (Å²) in [5.74, 6) is -0.894. The van der Waals surface area contributed by atoms with Gasteiger partial charge in [-0.15, -0.1) is 0 Å². The van der Waals surface area contributed by atoms with Crippen molar-refractivity contribution in [3.05, 3.63) is 54.0 Å². The maximum Gasteiger partial charge on any atom is 0.326 e. The molecule has 2 amide bonds. The molecule has 0 spiro atoms. The maximum atomic E-state index is 12.0. The molecule has 0 aliphatic heterocycles. The van der Waals surface area contributed by atoms with Crippen LogP contribution >= 0.6 is 0 Å². The van der Waals surface area contributed by atoms with Crippen molar-refractivity contribution in [3.8, 4) is 5.75 Å². The number of benzene rings is 1. The fraction of sp³-hybridized carbons (Fsp3) is 0.278. The van der Waals surface area contributed by atoms with Crippen LogP contribution in [0.5, 0.6) is 5.75 Å². The summed E-state index contributed by atoms with van der Waals surface area (Å²) >= 11 is 0. The van der Waals surface area contributed by atoms with Crippen molar-refractivity contribution in [3.63, 3.8) is 0 Å². The van der Waals surface area contributed by atoms with E-state index in [-0.39, 0.29) is 12.3 Å². The van der Waals surface area contributed by atoms with E-state index in [1.807, 2.05) is 12.1 Å². The quantitative estimate of drug-likeness (QED) is 0.687. The van der Waals surface area contributed by atoms with E-state index in [1.54, 1.807) is 25.3 Å². The Morgan fingerprint density at radius 1 is 1.12 bits per heavy atom. The van der Waals surface area contributed by atoms with Gasteiger partial charge in [-0.2, -0.15) is 0 Å². The first-order chi connectivity index (χ1) is 12.5. The van der Waals surface area contributed by atoms with E-state index >= 15 is 0 Å². The minimum atomic E-state index is -0.985. The molecule has 0 aliphatic rings. The molecular formula is C18H20N2O6. The van der Waals surface area contributed by atoms with Gasteiger partial charge in [-0.1, -0.05) is 12.1 Å². The standard InChI is InChI=1S/C18H20N2O6/c1-12(17(22)19-10-13-5-7-14(24-2)8-6-13)26-16(21)11-20-18(23)15-4-3-9-25-15/h3-9,12H,10-11H2,1-2H3,(H,19,22)(H,20,23)/t12-/m0/s1. The van der Waals surface area contributed by atoms with Crippen LogP contribution < -0.4 is 15.4 Å². The van der Waals surface area contributed by atoms with Gasteiger partial charge >= 0.3 is 5.97 Å². The highest BCUT2D eigenvalue weighted by molar-refractivity contribution is 5.93. The van der Waals surface area contributed by atoms with Crippen LogP contribution in [0.3, 0.4) is 0 Å². The van der Waals surface area contributed by atoms with Crippen LogP contribution in [0.4, 0.5) is 0 Å². The molecule has 8 heteroatoms. The lowest BCUT2D eigenvalue weighted by atomic mass is 10.2. The van der Waals surface area contributed by atoms with Crippen molar-refractivity contribution < 1.29 is 28.3 Å². The zero-order chi connectivity index (χ0) is 18.9. The molecule has 0 bridgehead atoms. The zero-order valence-corrected chi connectivity index (χ0v) is 14.5. The highest BCUT2D eigenvalue weighted by Gasteiger charge is 2.18. The van der Waals surface area contributed by atoms with Crippen LogP contribution in [-0.4, -0.2) is 37.5 Å². The Labute approximate surface area is 150 Å². The number of hydrogen-bond acceptors (Lipinski definition) is 6. The molecule has 0 unspecified atom stereocenters. The minimum Gasteiger partial charge on any atom is -0.497 e. The van der Waals surface area contributed by atoms with Gasteiger partial charge in [0.05, 0.1) is 13.4 Å². The SMILES string of the molecule is COc1ccc(CNC(=O)[C@H](C)OC(=O)CNC(=O)c2ccco2)cc1. The number of furan rings is 1. The normalized spacial score (nSPS) is 11.3. The smallest absolute Gasteiger partial charge is 0.326 e. The lowest BCUT2D eigenvalue weighted by molar-refractivity contribution is -0.153. The fourth-order valence-corrected chi connectivity index (χ4v) is 2.02. The third-order valence-electron chi connectivity index (χ3n) is 3.44. The van der Waals surface area contributed by atoms with Gasteiger partial charge in [0, 0.05) is 6.54 Å². The molecule has 2 N–H and O–H groups in total. The second kappa shape index (κ2) is 9.26. The van der Waals surface area contributed by atoms with Gasteiger partial charge in [0.25, 0.3) is 11.8 Å². The van der Waals surface area contributed by atoms with Crippen LogP contribution in [0.1, 0.15) is 23.0 Å². The molecule has 0 aliphatic carbocycles. The highest BCUT2D eigenvalue weighted by Crippen LogP contribution is 2.11. The highest BCUT2D eigenvalue weighted by atomic mass is 16.5. The summed E-state index contributed by atoms with van der Waals surface area (Å²) in [6, 6.07) is 10.2. The molecule has 1 heterocycles. The van der Waals surface area contributed by atoms with E-state index in [2.05, 4.69) is 10.6 Å². The molecule has 0 radical (unpaired) electrons. The summed E-state index contributed by atoms with van der Waals surface area (Å²) in [6.07, 6.45) is 0.365. The Hall–Kier alpha value is -3.29. The van der Waals surface area contributed by atoms with Crippen molar-refractivity contribution in [1.82, 2.24) is 10.6 Å². The molecule has 0 fully saturated rings. The van der Waals surface area contributed by atoms with Gasteiger partial charge < -0.3 is 24.5 Å². The molecule has 138 valence electrons. The Kier molecular flexibility index (Phi) is 6.78. The summed E-state index contributed by atoms with van der Waals surface area (Å²) in [7, 11) is 1.57. The molecule has 26 heavy (non-hydrogen) atoms. The number of esters is 1. The molecule has 1 aromatic heterocycles. The third-order valence-corrected chi connectivity index (χ3v) is 3.44. The second-order valence-electron chi connectivity index (χ2n) is 5.36.